The molecule has 4 N–H and O–H groups in total. The van der Waals surface area contributed by atoms with Crippen LogP contribution in [0.2, 0.25) is 0 Å². The Balaban J connectivity index is 1.30. The third-order valence-electron chi connectivity index (χ3n) is 7.05. The van der Waals surface area contributed by atoms with Crippen LogP contribution in [0.15, 0.2) is 59.4 Å². The van der Waals surface area contributed by atoms with Crippen molar-refractivity contribution in [1.82, 2.24) is 20.4 Å². The fourth-order valence-electron chi connectivity index (χ4n) is 4.51. The Kier molecular flexibility index (Phi) is 7.90. The molecule has 1 aliphatic carbocycles. The van der Waals surface area contributed by atoms with Crippen LogP contribution in [0.4, 0.5) is 10.1 Å². The minimum absolute atomic E-state index is 0.00139. The molecule has 0 atom stereocenters. The maximum Gasteiger partial charge on any atom is 0.267 e. The van der Waals surface area contributed by atoms with Gasteiger partial charge in [0.25, 0.3) is 11.5 Å². The van der Waals surface area contributed by atoms with Gasteiger partial charge in [-0.2, -0.15) is 10.2 Å². The number of amides is 1. The highest BCUT2D eigenvalue weighted by Crippen LogP contribution is 2.39. The van der Waals surface area contributed by atoms with Gasteiger partial charge < -0.3 is 15.2 Å². The van der Waals surface area contributed by atoms with Crippen LogP contribution in [-0.2, 0) is 16.6 Å². The van der Waals surface area contributed by atoms with Crippen molar-refractivity contribution in [2.75, 3.05) is 25.1 Å². The molecule has 9 nitrogen and oxygen atoms in total. The second-order valence-corrected chi connectivity index (χ2v) is 10.8. The van der Waals surface area contributed by atoms with E-state index in [1.54, 1.807) is 24.3 Å². The predicted octanol–water partition coefficient (Wildman–Crippen LogP) is 4.31. The van der Waals surface area contributed by atoms with Crippen LogP contribution in [0.25, 0.3) is 11.3 Å². The number of aliphatic hydroxyl groups excluding tert-OH is 1. The third kappa shape index (κ3) is 6.35. The molecule has 10 heteroatoms. The molecule has 2 aromatic carbocycles. The van der Waals surface area contributed by atoms with E-state index in [4.69, 9.17) is 9.84 Å². The SMILES string of the molecule is CC(C)(COCCO)c1ccc(C(=O)Nc2cc(-c3cc(Cc4cc(C5CC5)n[nH]4)c(=O)[nH]n3)ccc2F)cc1. The molecule has 0 saturated heterocycles. The van der Waals surface area contributed by atoms with Gasteiger partial charge in [0.15, 0.2) is 0 Å². The molecule has 4 aromatic rings. The lowest BCUT2D eigenvalue weighted by Crippen LogP contribution is -2.25. The van der Waals surface area contributed by atoms with Crippen LogP contribution < -0.4 is 10.9 Å². The predicted molar refractivity (Wildman–Crippen MR) is 149 cm³/mol. The van der Waals surface area contributed by atoms with E-state index in [2.05, 4.69) is 25.7 Å². The molecule has 1 amide bonds. The van der Waals surface area contributed by atoms with Gasteiger partial charge in [0.1, 0.15) is 5.82 Å². The molecule has 2 heterocycles. The normalized spacial score (nSPS) is 13.4. The van der Waals surface area contributed by atoms with Crippen LogP contribution >= 0.6 is 0 Å². The molecule has 0 aliphatic heterocycles. The van der Waals surface area contributed by atoms with Crippen LogP contribution in [0.3, 0.4) is 0 Å². The number of ether oxygens (including phenoxy) is 1. The molecular formula is C30H32FN5O4. The number of halogens is 1. The highest BCUT2D eigenvalue weighted by Gasteiger charge is 2.26. The van der Waals surface area contributed by atoms with E-state index in [1.165, 1.54) is 12.1 Å². The molecule has 2 aromatic heterocycles. The average molecular weight is 546 g/mol. The standard InChI is InChI=1S/C30H32FN5O4/c1-30(2,17-40-12-11-37)22-8-5-19(6-9-22)28(38)32-27-14-20(7-10-24(27)31)25-15-21(29(39)36-35-25)13-23-16-26(34-33-23)18-3-4-18/h5-10,14-16,18,37H,3-4,11-13,17H2,1-2H3,(H,32,38)(H,33,34)(H,36,39). The summed E-state index contributed by atoms with van der Waals surface area (Å²) in [6.45, 7) is 4.66. The number of carbonyl (C=O) groups is 1. The van der Waals surface area contributed by atoms with E-state index in [0.717, 1.165) is 29.8 Å². The van der Waals surface area contributed by atoms with Crippen LogP contribution in [0.5, 0.6) is 0 Å². The van der Waals surface area contributed by atoms with Crippen molar-refractivity contribution < 1.29 is 19.0 Å². The van der Waals surface area contributed by atoms with Gasteiger partial charge in [-0.05, 0) is 60.9 Å². The lowest BCUT2D eigenvalue weighted by atomic mass is 9.85. The summed E-state index contributed by atoms with van der Waals surface area (Å²) in [4.78, 5) is 25.4. The maximum absolute atomic E-state index is 14.7. The Morgan fingerprint density at radius 3 is 2.60 bits per heavy atom. The Bertz CT molecular complexity index is 1560. The van der Waals surface area contributed by atoms with Gasteiger partial charge in [-0.1, -0.05) is 26.0 Å². The monoisotopic (exact) mass is 545 g/mol. The van der Waals surface area contributed by atoms with E-state index >= 15 is 0 Å². The van der Waals surface area contributed by atoms with Crippen molar-refractivity contribution in [2.24, 2.45) is 0 Å². The largest absolute Gasteiger partial charge is 0.394 e. The van der Waals surface area contributed by atoms with Crippen molar-refractivity contribution in [3.63, 3.8) is 0 Å². The van der Waals surface area contributed by atoms with E-state index in [-0.39, 0.29) is 29.9 Å². The Hall–Kier alpha value is -4.15. The second kappa shape index (κ2) is 11.5. The second-order valence-electron chi connectivity index (χ2n) is 10.8. The summed E-state index contributed by atoms with van der Waals surface area (Å²) in [7, 11) is 0. The Labute approximate surface area is 230 Å². The number of hydrogen-bond donors (Lipinski definition) is 4. The van der Waals surface area contributed by atoms with Crippen LogP contribution in [-0.4, -0.2) is 51.2 Å². The van der Waals surface area contributed by atoms with Crippen LogP contribution in [0, 0.1) is 5.82 Å². The molecule has 1 aliphatic rings. The molecular weight excluding hydrogens is 513 g/mol. The summed E-state index contributed by atoms with van der Waals surface area (Å²) in [5.74, 6) is -0.547. The zero-order chi connectivity index (χ0) is 28.3. The highest BCUT2D eigenvalue weighted by molar-refractivity contribution is 6.04. The number of aromatic amines is 2. The summed E-state index contributed by atoms with van der Waals surface area (Å²) >= 11 is 0. The topological polar surface area (TPSA) is 133 Å². The van der Waals surface area contributed by atoms with Gasteiger partial charge in [-0.25, -0.2) is 9.49 Å². The lowest BCUT2D eigenvalue weighted by Gasteiger charge is -2.25. The number of aliphatic hydroxyl groups is 1. The molecule has 40 heavy (non-hydrogen) atoms. The molecule has 5 rings (SSSR count). The molecule has 0 spiro atoms. The molecule has 208 valence electrons. The maximum atomic E-state index is 14.7. The zero-order valence-corrected chi connectivity index (χ0v) is 22.5. The van der Waals surface area contributed by atoms with E-state index < -0.39 is 11.7 Å². The highest BCUT2D eigenvalue weighted by atomic mass is 19.1. The number of rotatable bonds is 11. The summed E-state index contributed by atoms with van der Waals surface area (Å²) in [6.07, 6.45) is 2.63. The zero-order valence-electron chi connectivity index (χ0n) is 22.5. The van der Waals surface area contributed by atoms with E-state index in [1.807, 2.05) is 32.0 Å². The first kappa shape index (κ1) is 27.4. The van der Waals surface area contributed by atoms with Crippen molar-refractivity contribution in [1.29, 1.82) is 0 Å². The number of aromatic nitrogens is 4. The molecule has 0 bridgehead atoms. The molecule has 0 unspecified atom stereocenters. The van der Waals surface area contributed by atoms with Gasteiger partial charge in [0.05, 0.1) is 36.9 Å². The number of nitrogens with zero attached hydrogens (tertiary/aromatic N) is 2. The smallest absolute Gasteiger partial charge is 0.267 e. The summed E-state index contributed by atoms with van der Waals surface area (Å²) in [5, 5.41) is 25.6. The Morgan fingerprint density at radius 2 is 1.88 bits per heavy atom. The molecule has 1 fully saturated rings. The molecule has 1 saturated carbocycles. The fraction of sp³-hybridized carbons (Fsp3) is 0.333. The number of nitrogens with one attached hydrogen (secondary N) is 3. The quantitative estimate of drug-likeness (QED) is 0.208. The van der Waals surface area contributed by atoms with Crippen molar-refractivity contribution in [3.05, 3.63) is 98.8 Å². The van der Waals surface area contributed by atoms with Crippen molar-refractivity contribution in [3.8, 4) is 11.3 Å². The summed E-state index contributed by atoms with van der Waals surface area (Å²) in [5.41, 5.74) is 4.05. The average Bonchev–Trinajstić information content (AvgIpc) is 3.69. The number of hydrogen-bond acceptors (Lipinski definition) is 6. The van der Waals surface area contributed by atoms with Gasteiger partial charge >= 0.3 is 0 Å². The van der Waals surface area contributed by atoms with E-state index in [0.29, 0.717) is 41.3 Å². The van der Waals surface area contributed by atoms with Crippen molar-refractivity contribution >= 4 is 11.6 Å². The first-order chi connectivity index (χ1) is 19.2. The Morgan fingerprint density at radius 1 is 1.10 bits per heavy atom. The first-order valence-electron chi connectivity index (χ1n) is 13.3. The van der Waals surface area contributed by atoms with Gasteiger partial charge in [0, 0.05) is 40.1 Å². The molecule has 0 radical (unpaired) electrons. The van der Waals surface area contributed by atoms with E-state index in [9.17, 15) is 14.0 Å². The van der Waals surface area contributed by atoms with Gasteiger partial charge in [0.2, 0.25) is 0 Å². The number of benzene rings is 2. The van der Waals surface area contributed by atoms with Crippen molar-refractivity contribution in [2.45, 2.75) is 44.4 Å². The van der Waals surface area contributed by atoms with Gasteiger partial charge in [-0.15, -0.1) is 0 Å². The van der Waals surface area contributed by atoms with Crippen LogP contribution in [0.1, 0.15) is 65.5 Å². The lowest BCUT2D eigenvalue weighted by molar-refractivity contribution is 0.0642. The number of anilines is 1. The fourth-order valence-corrected chi connectivity index (χ4v) is 4.51. The number of H-pyrrole nitrogens is 2. The minimum atomic E-state index is -0.592. The van der Waals surface area contributed by atoms with Gasteiger partial charge in [-0.3, -0.25) is 14.7 Å². The summed E-state index contributed by atoms with van der Waals surface area (Å²) < 4.78 is 20.2. The minimum Gasteiger partial charge on any atom is -0.394 e. The summed E-state index contributed by atoms with van der Waals surface area (Å²) in [6, 6.07) is 15.0. The third-order valence-corrected chi connectivity index (χ3v) is 7.05. The number of carbonyl (C=O) groups excluding carboxylic acids is 1. The first-order valence-corrected chi connectivity index (χ1v) is 13.3.